The number of halogens is 1. The van der Waals surface area contributed by atoms with Crippen molar-refractivity contribution < 1.29 is 9.53 Å². The van der Waals surface area contributed by atoms with Gasteiger partial charge < -0.3 is 20.0 Å². The number of hydrogen-bond donors (Lipinski definition) is 2. The van der Waals surface area contributed by atoms with Gasteiger partial charge in [-0.2, -0.15) is 0 Å². The number of carbonyl (C=O) groups excluding carboxylic acids is 1. The van der Waals surface area contributed by atoms with Gasteiger partial charge in [0, 0.05) is 52.3 Å². The molecule has 1 aromatic carbocycles. The van der Waals surface area contributed by atoms with Crippen molar-refractivity contribution in [3.05, 3.63) is 58.1 Å². The molecule has 0 atom stereocenters. The highest BCUT2D eigenvalue weighted by molar-refractivity contribution is 6.18. The molecule has 7 nitrogen and oxygen atoms in total. The summed E-state index contributed by atoms with van der Waals surface area (Å²) in [4.78, 5) is 33.0. The molecule has 0 saturated carbocycles. The van der Waals surface area contributed by atoms with E-state index in [2.05, 4.69) is 9.97 Å². The third kappa shape index (κ3) is 3.11. The number of nitrogens with one attached hydrogen (secondary N) is 1. The zero-order valence-electron chi connectivity index (χ0n) is 16.7. The Labute approximate surface area is 177 Å². The van der Waals surface area contributed by atoms with Gasteiger partial charge in [0.1, 0.15) is 11.4 Å². The van der Waals surface area contributed by atoms with Crippen LogP contribution >= 0.6 is 11.6 Å². The minimum absolute atomic E-state index is 0.168. The quantitative estimate of drug-likeness (QED) is 0.462. The highest BCUT2D eigenvalue weighted by Crippen LogP contribution is 2.34. The minimum atomic E-state index is -0.598. The number of carbonyl (C=O) groups is 1. The number of methoxy groups -OCH3 is 1. The maximum absolute atomic E-state index is 13.6. The minimum Gasteiger partial charge on any atom is -0.496 e. The molecule has 0 aliphatic rings. The van der Waals surface area contributed by atoms with Crippen molar-refractivity contribution in [2.75, 3.05) is 13.0 Å². The first-order valence-electron chi connectivity index (χ1n) is 9.56. The van der Waals surface area contributed by atoms with Crippen molar-refractivity contribution in [3.63, 3.8) is 0 Å². The van der Waals surface area contributed by atoms with Crippen LogP contribution in [0.4, 0.5) is 0 Å². The second-order valence-electron chi connectivity index (χ2n) is 6.92. The molecule has 0 aliphatic heterocycles. The van der Waals surface area contributed by atoms with E-state index in [-0.39, 0.29) is 11.1 Å². The van der Waals surface area contributed by atoms with Gasteiger partial charge in [0.15, 0.2) is 0 Å². The number of aromatic amines is 1. The first-order chi connectivity index (χ1) is 14.5. The standard InChI is InChI=1S/C22H21ClN4O3/c1-3-27-19-13(11-26-21-15(19)5-7-25-21)9-17(22(27)29)16-8-12(20(24)28)10-18(30-2)14(16)4-6-23/h5,7-11H,3-4,6H2,1-2H3,(H2,24,28)(H,25,26). The fourth-order valence-electron chi connectivity index (χ4n) is 3.94. The van der Waals surface area contributed by atoms with Crippen molar-refractivity contribution in [2.24, 2.45) is 5.73 Å². The number of nitrogens with two attached hydrogens (primary N) is 1. The van der Waals surface area contributed by atoms with Crippen LogP contribution in [-0.2, 0) is 13.0 Å². The van der Waals surface area contributed by atoms with Gasteiger partial charge in [0.25, 0.3) is 5.56 Å². The summed E-state index contributed by atoms with van der Waals surface area (Å²) in [6.07, 6.45) is 4.01. The van der Waals surface area contributed by atoms with E-state index in [9.17, 15) is 9.59 Å². The number of amides is 1. The van der Waals surface area contributed by atoms with E-state index in [1.807, 2.05) is 13.0 Å². The smallest absolute Gasteiger partial charge is 0.258 e. The summed E-state index contributed by atoms with van der Waals surface area (Å²) < 4.78 is 7.21. The number of ether oxygens (including phenoxy) is 1. The molecular formula is C22H21ClN4O3. The van der Waals surface area contributed by atoms with Crippen LogP contribution in [-0.4, -0.2) is 33.4 Å². The fraction of sp³-hybridized carbons (Fsp3) is 0.227. The van der Waals surface area contributed by atoms with Crippen LogP contribution in [0.15, 0.2) is 41.5 Å². The van der Waals surface area contributed by atoms with E-state index >= 15 is 0 Å². The van der Waals surface area contributed by atoms with Crippen LogP contribution in [0.3, 0.4) is 0 Å². The molecule has 0 unspecified atom stereocenters. The number of benzene rings is 1. The molecular weight excluding hydrogens is 404 g/mol. The highest BCUT2D eigenvalue weighted by Gasteiger charge is 2.20. The summed E-state index contributed by atoms with van der Waals surface area (Å²) in [5.41, 5.74) is 8.95. The molecule has 3 N–H and O–H groups in total. The molecule has 3 heterocycles. The predicted octanol–water partition coefficient (Wildman–Crippen LogP) is 3.45. The molecule has 0 fully saturated rings. The molecule has 0 radical (unpaired) electrons. The van der Waals surface area contributed by atoms with Gasteiger partial charge in [0.05, 0.1) is 12.6 Å². The Balaban J connectivity index is 2.12. The summed E-state index contributed by atoms with van der Waals surface area (Å²) >= 11 is 6.03. The molecule has 30 heavy (non-hydrogen) atoms. The average molecular weight is 425 g/mol. The van der Waals surface area contributed by atoms with Crippen molar-refractivity contribution in [2.45, 2.75) is 19.9 Å². The first-order valence-corrected chi connectivity index (χ1v) is 10.1. The van der Waals surface area contributed by atoms with Gasteiger partial charge >= 0.3 is 0 Å². The average Bonchev–Trinajstić information content (AvgIpc) is 3.22. The Morgan fingerprint density at radius 1 is 1.30 bits per heavy atom. The fourth-order valence-corrected chi connectivity index (χ4v) is 4.13. The number of aryl methyl sites for hydroxylation is 1. The predicted molar refractivity (Wildman–Crippen MR) is 118 cm³/mol. The maximum atomic E-state index is 13.6. The molecule has 1 amide bonds. The normalized spacial score (nSPS) is 11.3. The molecule has 0 spiro atoms. The topological polar surface area (TPSA) is 103 Å². The largest absolute Gasteiger partial charge is 0.496 e. The Morgan fingerprint density at radius 2 is 2.10 bits per heavy atom. The monoisotopic (exact) mass is 424 g/mol. The molecule has 4 aromatic rings. The Kier molecular flexibility index (Phi) is 5.22. The van der Waals surface area contributed by atoms with Gasteiger partial charge in [-0.05, 0) is 43.2 Å². The molecule has 154 valence electrons. The number of fused-ring (bicyclic) bond motifs is 3. The molecule has 0 saturated heterocycles. The van der Waals surface area contributed by atoms with Crippen LogP contribution in [0, 0.1) is 0 Å². The number of hydrogen-bond acceptors (Lipinski definition) is 4. The van der Waals surface area contributed by atoms with Crippen LogP contribution < -0.4 is 16.0 Å². The van der Waals surface area contributed by atoms with Crippen LogP contribution in [0.2, 0.25) is 0 Å². The lowest BCUT2D eigenvalue weighted by Gasteiger charge is -2.17. The second-order valence-corrected chi connectivity index (χ2v) is 7.30. The van der Waals surface area contributed by atoms with E-state index in [0.717, 1.165) is 27.5 Å². The van der Waals surface area contributed by atoms with E-state index in [4.69, 9.17) is 22.1 Å². The van der Waals surface area contributed by atoms with Gasteiger partial charge in [-0.3, -0.25) is 9.59 Å². The van der Waals surface area contributed by atoms with E-state index < -0.39 is 5.91 Å². The lowest BCUT2D eigenvalue weighted by molar-refractivity contribution is 0.1000. The zero-order chi connectivity index (χ0) is 21.4. The Hall–Kier alpha value is -3.32. The van der Waals surface area contributed by atoms with Crippen LogP contribution in [0.1, 0.15) is 22.8 Å². The van der Waals surface area contributed by atoms with Crippen LogP contribution in [0.5, 0.6) is 5.75 Å². The Bertz CT molecular complexity index is 1340. The molecule has 8 heteroatoms. The number of H-pyrrole nitrogens is 1. The van der Waals surface area contributed by atoms with Crippen molar-refractivity contribution >= 4 is 39.4 Å². The lowest BCUT2D eigenvalue weighted by atomic mass is 9.94. The highest BCUT2D eigenvalue weighted by atomic mass is 35.5. The number of primary amides is 1. The van der Waals surface area contributed by atoms with Gasteiger partial charge in [-0.15, -0.1) is 11.6 Å². The zero-order valence-corrected chi connectivity index (χ0v) is 17.4. The van der Waals surface area contributed by atoms with Gasteiger partial charge in [-0.25, -0.2) is 4.98 Å². The molecule has 0 aliphatic carbocycles. The van der Waals surface area contributed by atoms with E-state index in [0.29, 0.717) is 35.7 Å². The molecule has 4 rings (SSSR count). The van der Waals surface area contributed by atoms with Crippen molar-refractivity contribution in [1.29, 1.82) is 0 Å². The summed E-state index contributed by atoms with van der Waals surface area (Å²) in [6.45, 7) is 2.40. The van der Waals surface area contributed by atoms with Gasteiger partial charge in [0.2, 0.25) is 5.91 Å². The van der Waals surface area contributed by atoms with E-state index in [1.54, 1.807) is 35.2 Å². The number of alkyl halides is 1. The molecule has 3 aromatic heterocycles. The third-order valence-electron chi connectivity index (χ3n) is 5.30. The Morgan fingerprint density at radius 3 is 2.77 bits per heavy atom. The summed E-state index contributed by atoms with van der Waals surface area (Å²) in [7, 11) is 1.51. The van der Waals surface area contributed by atoms with Crippen molar-refractivity contribution in [1.82, 2.24) is 14.5 Å². The number of rotatable bonds is 6. The number of aromatic nitrogens is 3. The lowest BCUT2D eigenvalue weighted by Crippen LogP contribution is -2.22. The summed E-state index contributed by atoms with van der Waals surface area (Å²) in [5.74, 6) is 0.211. The first kappa shape index (κ1) is 20.0. The third-order valence-corrected chi connectivity index (χ3v) is 5.49. The number of nitrogens with zero attached hydrogens (tertiary/aromatic N) is 2. The van der Waals surface area contributed by atoms with E-state index in [1.165, 1.54) is 7.11 Å². The SMILES string of the molecule is CCn1c(=O)c(-c2cc(C(N)=O)cc(OC)c2CCCl)cc2cnc3[nH]ccc3c21. The van der Waals surface area contributed by atoms with Crippen molar-refractivity contribution in [3.8, 4) is 16.9 Å². The second kappa shape index (κ2) is 7.84. The maximum Gasteiger partial charge on any atom is 0.258 e. The summed E-state index contributed by atoms with van der Waals surface area (Å²) in [6, 6.07) is 6.93. The van der Waals surface area contributed by atoms with Crippen LogP contribution in [0.25, 0.3) is 33.1 Å². The molecule has 0 bridgehead atoms. The van der Waals surface area contributed by atoms with Gasteiger partial charge in [-0.1, -0.05) is 0 Å². The summed E-state index contributed by atoms with van der Waals surface area (Å²) in [5, 5.41) is 1.70. The number of pyridine rings is 2.